The quantitative estimate of drug-likeness (QED) is 0.503. The maximum atomic E-state index is 13.2. The third-order valence-corrected chi connectivity index (χ3v) is 6.76. The summed E-state index contributed by atoms with van der Waals surface area (Å²) in [6.07, 6.45) is 1.02. The second kappa shape index (κ2) is 6.75. The number of hydrogen-bond donors (Lipinski definition) is 0. The van der Waals surface area contributed by atoms with E-state index in [1.807, 2.05) is 6.07 Å². The van der Waals surface area contributed by atoms with Crippen LogP contribution in [0.5, 0.6) is 5.75 Å². The number of sulfonamides is 1. The summed E-state index contributed by atoms with van der Waals surface area (Å²) >= 11 is 0.960. The van der Waals surface area contributed by atoms with Crippen LogP contribution >= 0.6 is 11.7 Å². The van der Waals surface area contributed by atoms with Gasteiger partial charge in [0.1, 0.15) is 27.7 Å². The lowest BCUT2D eigenvalue weighted by Gasteiger charge is -2.22. The molecule has 1 atom stereocenters. The second-order valence-corrected chi connectivity index (χ2v) is 8.28. The summed E-state index contributed by atoms with van der Waals surface area (Å²) in [7, 11) is -3.89. The van der Waals surface area contributed by atoms with Crippen LogP contribution in [0.3, 0.4) is 0 Å². The van der Waals surface area contributed by atoms with Gasteiger partial charge in [-0.2, -0.15) is 13.1 Å². The largest absolute Gasteiger partial charge is 0.425 e. The molecule has 7 nitrogen and oxygen atoms in total. The lowest BCUT2D eigenvalue weighted by molar-refractivity contribution is -0.137. The van der Waals surface area contributed by atoms with Crippen molar-refractivity contribution in [2.75, 3.05) is 6.54 Å². The summed E-state index contributed by atoms with van der Waals surface area (Å²) in [5.41, 5.74) is 0.860. The van der Waals surface area contributed by atoms with E-state index in [0.717, 1.165) is 11.7 Å². The van der Waals surface area contributed by atoms with Crippen molar-refractivity contribution < 1.29 is 17.9 Å². The second-order valence-electron chi connectivity index (χ2n) is 5.90. The van der Waals surface area contributed by atoms with E-state index in [-0.39, 0.29) is 11.4 Å². The predicted octanol–water partition coefficient (Wildman–Crippen LogP) is 2.45. The zero-order chi connectivity index (χ0) is 18.1. The predicted molar refractivity (Wildman–Crippen MR) is 96.4 cm³/mol. The van der Waals surface area contributed by atoms with Gasteiger partial charge in [0.15, 0.2) is 0 Å². The molecule has 134 valence electrons. The molecule has 1 aliphatic rings. The van der Waals surface area contributed by atoms with E-state index in [9.17, 15) is 13.2 Å². The third kappa shape index (κ3) is 2.98. The Balaban J connectivity index is 1.65. The van der Waals surface area contributed by atoms with Crippen LogP contribution in [0.1, 0.15) is 12.8 Å². The first-order valence-corrected chi connectivity index (χ1v) is 10.2. The Morgan fingerprint density at radius 2 is 1.92 bits per heavy atom. The van der Waals surface area contributed by atoms with E-state index in [1.165, 1.54) is 10.4 Å². The smallest absolute Gasteiger partial charge is 0.329 e. The summed E-state index contributed by atoms with van der Waals surface area (Å²) in [6.45, 7) is 0.269. The number of aromatic nitrogens is 2. The minimum atomic E-state index is -3.89. The first-order chi connectivity index (χ1) is 12.6. The number of hydrogen-bond acceptors (Lipinski definition) is 7. The Morgan fingerprint density at radius 3 is 2.73 bits per heavy atom. The number of esters is 1. The van der Waals surface area contributed by atoms with Crippen molar-refractivity contribution in [2.45, 2.75) is 23.8 Å². The Hall–Kier alpha value is -2.36. The van der Waals surface area contributed by atoms with Crippen LogP contribution in [0.15, 0.2) is 53.4 Å². The Kier molecular flexibility index (Phi) is 4.43. The highest BCUT2D eigenvalue weighted by Gasteiger charge is 2.41. The maximum absolute atomic E-state index is 13.2. The van der Waals surface area contributed by atoms with Crippen molar-refractivity contribution in [1.29, 1.82) is 0 Å². The molecule has 0 aliphatic carbocycles. The number of fused-ring (bicyclic) bond motifs is 1. The number of benzene rings is 2. The average Bonchev–Trinajstić information content (AvgIpc) is 3.31. The van der Waals surface area contributed by atoms with Gasteiger partial charge in [-0.15, -0.1) is 0 Å². The molecule has 1 aliphatic heterocycles. The Bertz CT molecular complexity index is 1050. The van der Waals surface area contributed by atoms with Gasteiger partial charge < -0.3 is 4.74 Å². The molecule has 26 heavy (non-hydrogen) atoms. The molecule has 0 spiro atoms. The van der Waals surface area contributed by atoms with Crippen molar-refractivity contribution in [3.05, 3.63) is 48.5 Å². The summed E-state index contributed by atoms with van der Waals surface area (Å²) in [5.74, 6) is -0.173. The maximum Gasteiger partial charge on any atom is 0.329 e. The van der Waals surface area contributed by atoms with E-state index in [2.05, 4.69) is 8.75 Å². The van der Waals surface area contributed by atoms with Crippen LogP contribution in [0.25, 0.3) is 11.0 Å². The number of ether oxygens (including phenoxy) is 1. The number of carbonyl (C=O) groups excluding carboxylic acids is 1. The minimum Gasteiger partial charge on any atom is -0.425 e. The van der Waals surface area contributed by atoms with Crippen molar-refractivity contribution in [3.63, 3.8) is 0 Å². The molecule has 1 fully saturated rings. The fraction of sp³-hybridized carbons (Fsp3) is 0.235. The van der Waals surface area contributed by atoms with Gasteiger partial charge in [0, 0.05) is 6.54 Å². The van der Waals surface area contributed by atoms with Crippen molar-refractivity contribution in [3.8, 4) is 5.75 Å². The summed E-state index contributed by atoms with van der Waals surface area (Å²) in [6, 6.07) is 12.6. The molecule has 0 saturated carbocycles. The molecule has 1 aromatic heterocycles. The molecule has 0 amide bonds. The fourth-order valence-electron chi connectivity index (χ4n) is 3.05. The monoisotopic (exact) mass is 389 g/mol. The van der Waals surface area contributed by atoms with Crippen molar-refractivity contribution in [2.24, 2.45) is 0 Å². The molecule has 1 unspecified atom stereocenters. The fourth-order valence-corrected chi connectivity index (χ4v) is 5.45. The van der Waals surface area contributed by atoms with E-state index in [0.29, 0.717) is 29.6 Å². The van der Waals surface area contributed by atoms with Gasteiger partial charge in [-0.3, -0.25) is 0 Å². The average molecular weight is 389 g/mol. The first kappa shape index (κ1) is 17.1. The van der Waals surface area contributed by atoms with Gasteiger partial charge in [0.2, 0.25) is 10.0 Å². The SMILES string of the molecule is O=C(Oc1ccccc1)C1CCCN1S(=O)(=O)c1cccc2nsnc12. The van der Waals surface area contributed by atoms with E-state index >= 15 is 0 Å². The van der Waals surface area contributed by atoms with Crippen molar-refractivity contribution in [1.82, 2.24) is 13.1 Å². The highest BCUT2D eigenvalue weighted by molar-refractivity contribution is 7.89. The van der Waals surface area contributed by atoms with E-state index < -0.39 is 22.0 Å². The van der Waals surface area contributed by atoms with Gasteiger partial charge in [-0.1, -0.05) is 24.3 Å². The van der Waals surface area contributed by atoms with Crippen LogP contribution in [0.4, 0.5) is 0 Å². The van der Waals surface area contributed by atoms with Gasteiger partial charge in [0.05, 0.1) is 11.7 Å². The standard InChI is InChI=1S/C17H15N3O4S2/c21-17(24-12-6-2-1-3-7-12)14-9-5-11-20(14)26(22,23)15-10-4-8-13-16(15)19-25-18-13/h1-4,6-8,10,14H,5,9,11H2. The van der Waals surface area contributed by atoms with E-state index in [4.69, 9.17) is 4.74 Å². The van der Waals surface area contributed by atoms with Gasteiger partial charge >= 0.3 is 5.97 Å². The van der Waals surface area contributed by atoms with E-state index in [1.54, 1.807) is 36.4 Å². The van der Waals surface area contributed by atoms with Crippen molar-refractivity contribution >= 4 is 38.8 Å². The van der Waals surface area contributed by atoms with Crippen LogP contribution in [0.2, 0.25) is 0 Å². The Labute approximate surface area is 154 Å². The van der Waals surface area contributed by atoms with Gasteiger partial charge in [0.25, 0.3) is 0 Å². The lowest BCUT2D eigenvalue weighted by Crippen LogP contribution is -2.42. The summed E-state index contributed by atoms with van der Waals surface area (Å²) in [4.78, 5) is 12.6. The molecule has 0 N–H and O–H groups in total. The third-order valence-electron chi connectivity index (χ3n) is 4.27. The molecular formula is C17H15N3O4S2. The zero-order valence-electron chi connectivity index (χ0n) is 13.6. The van der Waals surface area contributed by atoms with Gasteiger partial charge in [-0.25, -0.2) is 13.2 Å². The number of rotatable bonds is 4. The van der Waals surface area contributed by atoms with Crippen LogP contribution in [-0.4, -0.2) is 40.0 Å². The Morgan fingerprint density at radius 1 is 1.12 bits per heavy atom. The molecular weight excluding hydrogens is 374 g/mol. The highest BCUT2D eigenvalue weighted by atomic mass is 32.2. The van der Waals surface area contributed by atoms with Crippen LogP contribution < -0.4 is 4.74 Å². The summed E-state index contributed by atoms with van der Waals surface area (Å²) in [5, 5.41) is 0. The zero-order valence-corrected chi connectivity index (χ0v) is 15.2. The lowest BCUT2D eigenvalue weighted by atomic mass is 10.2. The molecule has 3 aromatic rings. The number of nitrogens with zero attached hydrogens (tertiary/aromatic N) is 3. The normalized spacial score (nSPS) is 18.2. The molecule has 2 aromatic carbocycles. The van der Waals surface area contributed by atoms with Gasteiger partial charge in [-0.05, 0) is 37.1 Å². The number of para-hydroxylation sites is 1. The van der Waals surface area contributed by atoms with Crippen LogP contribution in [-0.2, 0) is 14.8 Å². The minimum absolute atomic E-state index is 0.0724. The summed E-state index contributed by atoms with van der Waals surface area (Å²) < 4.78 is 41.1. The molecule has 0 bridgehead atoms. The topological polar surface area (TPSA) is 89.5 Å². The number of carbonyl (C=O) groups is 1. The molecule has 1 saturated heterocycles. The molecule has 9 heteroatoms. The molecule has 4 rings (SSSR count). The first-order valence-electron chi connectivity index (χ1n) is 8.07. The highest BCUT2D eigenvalue weighted by Crippen LogP contribution is 2.30. The van der Waals surface area contributed by atoms with Crippen LogP contribution in [0, 0.1) is 0 Å². The molecule has 2 heterocycles. The molecule has 0 radical (unpaired) electrons.